The van der Waals surface area contributed by atoms with Gasteiger partial charge < -0.3 is 10.0 Å². The summed E-state index contributed by atoms with van der Waals surface area (Å²) in [5.41, 5.74) is 0. The Balaban J connectivity index is 2.64. The lowest BCUT2D eigenvalue weighted by Gasteiger charge is -2.17. The number of nitrogens with zero attached hydrogens (tertiary/aromatic N) is 1. The van der Waals surface area contributed by atoms with E-state index in [-0.39, 0.29) is 18.4 Å². The Labute approximate surface area is 75.3 Å². The number of hydrogen-bond acceptors (Lipinski definition) is 2. The molecule has 1 aliphatic rings. The van der Waals surface area contributed by atoms with Gasteiger partial charge >= 0.3 is 0 Å². The lowest BCUT2D eigenvalue weighted by Crippen LogP contribution is -2.34. The van der Waals surface area contributed by atoms with Crippen LogP contribution < -0.4 is 0 Å². The number of rotatable bonds is 1. The molecule has 1 heterocycles. The third-order valence-electron chi connectivity index (χ3n) is 2.09. The van der Waals surface area contributed by atoms with E-state index in [1.807, 2.05) is 0 Å². The van der Waals surface area contributed by atoms with Crippen molar-refractivity contribution in [3.63, 3.8) is 0 Å². The Morgan fingerprint density at radius 2 is 2.15 bits per heavy atom. The first-order valence-electron chi connectivity index (χ1n) is 4.19. The molecule has 0 aromatic carbocycles. The van der Waals surface area contributed by atoms with Crippen LogP contribution in [0.25, 0.3) is 0 Å². The average molecular weight is 193 g/mol. The molecule has 0 saturated carbocycles. The zero-order valence-electron chi connectivity index (χ0n) is 7.63. The first-order valence-corrected chi connectivity index (χ1v) is 4.19. The van der Waals surface area contributed by atoms with Gasteiger partial charge in [0.25, 0.3) is 5.92 Å². The summed E-state index contributed by atoms with van der Waals surface area (Å²) >= 11 is 0. The van der Waals surface area contributed by atoms with Crippen molar-refractivity contribution in [2.24, 2.45) is 5.92 Å². The summed E-state index contributed by atoms with van der Waals surface area (Å²) < 4.78 is 25.5. The molecule has 0 aliphatic carbocycles. The highest BCUT2D eigenvalue weighted by Gasteiger charge is 2.48. The summed E-state index contributed by atoms with van der Waals surface area (Å²) in [4.78, 5) is 12.3. The van der Waals surface area contributed by atoms with E-state index < -0.39 is 18.6 Å². The van der Waals surface area contributed by atoms with Gasteiger partial charge in [0, 0.05) is 5.92 Å². The topological polar surface area (TPSA) is 40.5 Å². The molecule has 1 rings (SSSR count). The quantitative estimate of drug-likeness (QED) is 0.658. The molecule has 0 aromatic heterocycles. The van der Waals surface area contributed by atoms with Gasteiger partial charge in [0.2, 0.25) is 5.91 Å². The zero-order valence-corrected chi connectivity index (χ0v) is 7.63. The number of alkyl halides is 2. The SMILES string of the molecule is CC(C)C(=O)N1CC(O)C(F)(F)C1. The Kier molecular flexibility index (Phi) is 2.56. The minimum Gasteiger partial charge on any atom is -0.385 e. The van der Waals surface area contributed by atoms with E-state index in [0.29, 0.717) is 0 Å². The molecule has 1 N–H and O–H groups in total. The lowest BCUT2D eigenvalue weighted by atomic mass is 10.2. The maximum atomic E-state index is 12.8. The van der Waals surface area contributed by atoms with Crippen molar-refractivity contribution < 1.29 is 18.7 Å². The van der Waals surface area contributed by atoms with Gasteiger partial charge in [-0.1, -0.05) is 13.8 Å². The molecule has 3 nitrogen and oxygen atoms in total. The predicted molar refractivity (Wildman–Crippen MR) is 42.4 cm³/mol. The molecule has 5 heteroatoms. The molecular formula is C8H13F2NO2. The monoisotopic (exact) mass is 193 g/mol. The summed E-state index contributed by atoms with van der Waals surface area (Å²) in [5.74, 6) is -3.79. The van der Waals surface area contributed by atoms with Crippen LogP contribution in [0.1, 0.15) is 13.8 Å². The molecule has 1 fully saturated rings. The maximum absolute atomic E-state index is 12.8. The molecule has 1 aliphatic heterocycles. The van der Waals surface area contributed by atoms with E-state index in [2.05, 4.69) is 0 Å². The highest BCUT2D eigenvalue weighted by Crippen LogP contribution is 2.28. The average Bonchev–Trinajstić information content (AvgIpc) is 2.25. The number of halogens is 2. The van der Waals surface area contributed by atoms with Gasteiger partial charge in [-0.2, -0.15) is 0 Å². The van der Waals surface area contributed by atoms with E-state index >= 15 is 0 Å². The van der Waals surface area contributed by atoms with E-state index in [4.69, 9.17) is 5.11 Å². The second-order valence-electron chi connectivity index (χ2n) is 3.65. The molecule has 1 amide bonds. The molecule has 13 heavy (non-hydrogen) atoms. The second kappa shape index (κ2) is 3.21. The molecule has 76 valence electrons. The van der Waals surface area contributed by atoms with Crippen LogP contribution in [0.15, 0.2) is 0 Å². The molecule has 0 bridgehead atoms. The molecule has 1 atom stereocenters. The number of aliphatic hydroxyl groups excluding tert-OH is 1. The Hall–Kier alpha value is -0.710. The number of likely N-dealkylation sites (tertiary alicyclic amines) is 1. The summed E-state index contributed by atoms with van der Waals surface area (Å²) in [7, 11) is 0. The van der Waals surface area contributed by atoms with Crippen molar-refractivity contribution in [3.8, 4) is 0 Å². The van der Waals surface area contributed by atoms with Crippen LogP contribution in [0.4, 0.5) is 8.78 Å². The summed E-state index contributed by atoms with van der Waals surface area (Å²) in [6.07, 6.45) is -1.71. The van der Waals surface area contributed by atoms with Crippen LogP contribution >= 0.6 is 0 Å². The van der Waals surface area contributed by atoms with Crippen molar-refractivity contribution in [1.29, 1.82) is 0 Å². The van der Waals surface area contributed by atoms with Crippen molar-refractivity contribution >= 4 is 5.91 Å². The third kappa shape index (κ3) is 1.96. The van der Waals surface area contributed by atoms with Gasteiger partial charge in [-0.25, -0.2) is 8.78 Å². The van der Waals surface area contributed by atoms with Crippen LogP contribution in [0, 0.1) is 5.92 Å². The third-order valence-corrected chi connectivity index (χ3v) is 2.09. The van der Waals surface area contributed by atoms with E-state index in [1.165, 1.54) is 0 Å². The summed E-state index contributed by atoms with van der Waals surface area (Å²) in [6.45, 7) is 2.37. The molecule has 0 spiro atoms. The Morgan fingerprint density at radius 3 is 2.46 bits per heavy atom. The van der Waals surface area contributed by atoms with Crippen LogP contribution in [-0.2, 0) is 4.79 Å². The summed E-state index contributed by atoms with van der Waals surface area (Å²) in [6, 6.07) is 0. The number of carbonyl (C=O) groups is 1. The summed E-state index contributed by atoms with van der Waals surface area (Å²) in [5, 5.41) is 8.91. The van der Waals surface area contributed by atoms with Crippen molar-refractivity contribution in [3.05, 3.63) is 0 Å². The van der Waals surface area contributed by atoms with Crippen molar-refractivity contribution in [2.45, 2.75) is 25.9 Å². The first kappa shape index (κ1) is 10.4. The van der Waals surface area contributed by atoms with E-state index in [0.717, 1.165) is 4.90 Å². The fraction of sp³-hybridized carbons (Fsp3) is 0.875. The fourth-order valence-corrected chi connectivity index (χ4v) is 1.30. The number of amides is 1. The normalized spacial score (nSPS) is 26.9. The largest absolute Gasteiger partial charge is 0.385 e. The van der Waals surface area contributed by atoms with Gasteiger partial charge in [0.15, 0.2) is 0 Å². The van der Waals surface area contributed by atoms with E-state index in [1.54, 1.807) is 13.8 Å². The molecular weight excluding hydrogens is 180 g/mol. The van der Waals surface area contributed by atoms with Crippen molar-refractivity contribution in [1.82, 2.24) is 4.90 Å². The van der Waals surface area contributed by atoms with Crippen LogP contribution in [-0.4, -0.2) is 41.0 Å². The van der Waals surface area contributed by atoms with E-state index in [9.17, 15) is 13.6 Å². The van der Waals surface area contributed by atoms with Gasteiger partial charge in [-0.05, 0) is 0 Å². The van der Waals surface area contributed by atoms with Crippen LogP contribution in [0.5, 0.6) is 0 Å². The highest BCUT2D eigenvalue weighted by molar-refractivity contribution is 5.78. The molecule has 1 unspecified atom stereocenters. The van der Waals surface area contributed by atoms with Crippen molar-refractivity contribution in [2.75, 3.05) is 13.1 Å². The minimum atomic E-state index is -3.15. The first-order chi connectivity index (χ1) is 5.84. The molecule has 1 saturated heterocycles. The standard InChI is InChI=1S/C8H13F2NO2/c1-5(2)7(13)11-3-6(12)8(9,10)4-11/h5-6,12H,3-4H2,1-2H3. The maximum Gasteiger partial charge on any atom is 0.292 e. The fourth-order valence-electron chi connectivity index (χ4n) is 1.30. The van der Waals surface area contributed by atoms with Gasteiger partial charge in [-0.15, -0.1) is 0 Å². The van der Waals surface area contributed by atoms with Gasteiger partial charge in [0.05, 0.1) is 13.1 Å². The predicted octanol–water partition coefficient (Wildman–Crippen LogP) is 0.481. The van der Waals surface area contributed by atoms with Crippen LogP contribution in [0.3, 0.4) is 0 Å². The Bertz CT molecular complexity index is 218. The number of carbonyl (C=O) groups excluding carboxylic acids is 1. The molecule has 0 radical (unpaired) electrons. The number of aliphatic hydroxyl groups is 1. The van der Waals surface area contributed by atoms with Gasteiger partial charge in [-0.3, -0.25) is 4.79 Å². The Morgan fingerprint density at radius 1 is 1.62 bits per heavy atom. The van der Waals surface area contributed by atoms with Gasteiger partial charge in [0.1, 0.15) is 6.10 Å². The van der Waals surface area contributed by atoms with Crippen LogP contribution in [0.2, 0.25) is 0 Å². The zero-order chi connectivity index (χ0) is 10.2. The number of β-amino-alcohol motifs (C(OH)–C–C–N with tert-alkyl or cyclic N) is 1. The smallest absolute Gasteiger partial charge is 0.292 e. The molecule has 0 aromatic rings. The lowest BCUT2D eigenvalue weighted by molar-refractivity contribution is -0.134. The second-order valence-corrected chi connectivity index (χ2v) is 3.65. The minimum absolute atomic E-state index is 0.260. The highest BCUT2D eigenvalue weighted by atomic mass is 19.3. The number of hydrogen-bond donors (Lipinski definition) is 1.